The number of hydrogen-bond acceptors (Lipinski definition) is 3. The Kier molecular flexibility index (Phi) is 4.99. The molecule has 0 spiro atoms. The van der Waals surface area contributed by atoms with Crippen LogP contribution in [0.2, 0.25) is 0 Å². The maximum atomic E-state index is 5.50. The predicted octanol–water partition coefficient (Wildman–Crippen LogP) is 3.99. The average Bonchev–Trinajstić information content (AvgIpc) is 2.90. The lowest BCUT2D eigenvalue weighted by Gasteiger charge is -2.30. The van der Waals surface area contributed by atoms with E-state index in [4.69, 9.17) is 4.42 Å². The molecule has 0 aromatic carbocycles. The van der Waals surface area contributed by atoms with Crippen molar-refractivity contribution < 1.29 is 4.42 Å². The Morgan fingerprint density at radius 2 is 2.18 bits per heavy atom. The van der Waals surface area contributed by atoms with Crippen LogP contribution in [0.15, 0.2) is 22.8 Å². The second kappa shape index (κ2) is 6.50. The summed E-state index contributed by atoms with van der Waals surface area (Å²) in [4.78, 5) is 0. The summed E-state index contributed by atoms with van der Waals surface area (Å²) in [5, 5.41) is 4.64. The van der Waals surface area contributed by atoms with E-state index in [9.17, 15) is 0 Å². The van der Waals surface area contributed by atoms with Gasteiger partial charge in [-0.1, -0.05) is 6.92 Å². The monoisotopic (exact) mass is 253 g/mol. The molecule has 2 nitrogen and oxygen atoms in total. The highest BCUT2D eigenvalue weighted by atomic mass is 32.2. The summed E-state index contributed by atoms with van der Waals surface area (Å²) in [5.41, 5.74) is 0. The third-order valence-corrected chi connectivity index (χ3v) is 4.88. The molecule has 0 saturated heterocycles. The third-order valence-electron chi connectivity index (χ3n) is 3.74. The molecule has 1 aliphatic rings. The van der Waals surface area contributed by atoms with Gasteiger partial charge in [-0.3, -0.25) is 0 Å². The summed E-state index contributed by atoms with van der Waals surface area (Å²) < 4.78 is 5.50. The third kappa shape index (κ3) is 3.52. The van der Waals surface area contributed by atoms with Gasteiger partial charge in [-0.15, -0.1) is 0 Å². The first-order chi connectivity index (χ1) is 8.33. The molecule has 17 heavy (non-hydrogen) atoms. The Morgan fingerprint density at radius 1 is 1.41 bits per heavy atom. The Balaban J connectivity index is 1.84. The highest BCUT2D eigenvalue weighted by Crippen LogP contribution is 2.29. The van der Waals surface area contributed by atoms with Gasteiger partial charge in [0.05, 0.1) is 12.3 Å². The van der Waals surface area contributed by atoms with Crippen LogP contribution >= 0.6 is 11.8 Å². The maximum Gasteiger partial charge on any atom is 0.120 e. The average molecular weight is 253 g/mol. The van der Waals surface area contributed by atoms with Crippen molar-refractivity contribution in [2.75, 3.05) is 6.26 Å². The molecule has 1 aliphatic carbocycles. The van der Waals surface area contributed by atoms with Crippen molar-refractivity contribution in [3.05, 3.63) is 24.2 Å². The van der Waals surface area contributed by atoms with Gasteiger partial charge >= 0.3 is 0 Å². The van der Waals surface area contributed by atoms with Gasteiger partial charge < -0.3 is 9.73 Å². The van der Waals surface area contributed by atoms with Gasteiger partial charge in [0.15, 0.2) is 0 Å². The predicted molar refractivity (Wildman–Crippen MR) is 74.4 cm³/mol. The molecule has 0 bridgehead atoms. The van der Waals surface area contributed by atoms with Crippen molar-refractivity contribution >= 4 is 11.8 Å². The molecule has 96 valence electrons. The quantitative estimate of drug-likeness (QED) is 0.859. The molecule has 0 aliphatic heterocycles. The highest BCUT2D eigenvalue weighted by Gasteiger charge is 2.23. The van der Waals surface area contributed by atoms with Crippen LogP contribution in [-0.4, -0.2) is 17.5 Å². The molecular weight excluding hydrogens is 230 g/mol. The fourth-order valence-corrected chi connectivity index (χ4v) is 3.38. The van der Waals surface area contributed by atoms with Crippen LogP contribution in [0.25, 0.3) is 0 Å². The number of rotatable bonds is 5. The fourth-order valence-electron chi connectivity index (χ4n) is 2.64. The van der Waals surface area contributed by atoms with Crippen molar-refractivity contribution in [1.82, 2.24) is 5.32 Å². The smallest absolute Gasteiger partial charge is 0.120 e. The van der Waals surface area contributed by atoms with Gasteiger partial charge in [-0.25, -0.2) is 0 Å². The minimum Gasteiger partial charge on any atom is -0.468 e. The summed E-state index contributed by atoms with van der Waals surface area (Å²) in [5.74, 6) is 1.08. The number of nitrogens with one attached hydrogen (secondary N) is 1. The SMILES string of the molecule is CCC(NC1CCC(SC)CC1)c1ccco1. The van der Waals surface area contributed by atoms with Crippen LogP contribution in [-0.2, 0) is 0 Å². The van der Waals surface area contributed by atoms with Crippen molar-refractivity contribution in [3.8, 4) is 0 Å². The molecular formula is C14H23NOS. The molecule has 0 radical (unpaired) electrons. The first-order valence-corrected chi connectivity index (χ1v) is 7.94. The largest absolute Gasteiger partial charge is 0.468 e. The summed E-state index contributed by atoms with van der Waals surface area (Å²) >= 11 is 2.02. The van der Waals surface area contributed by atoms with E-state index in [0.717, 1.165) is 17.4 Å². The fraction of sp³-hybridized carbons (Fsp3) is 0.714. The molecule has 3 heteroatoms. The lowest BCUT2D eigenvalue weighted by atomic mass is 9.94. The minimum absolute atomic E-state index is 0.390. The van der Waals surface area contributed by atoms with Crippen LogP contribution < -0.4 is 5.32 Å². The molecule has 0 amide bonds. The van der Waals surface area contributed by atoms with Crippen LogP contribution in [0.1, 0.15) is 50.8 Å². The van der Waals surface area contributed by atoms with Gasteiger partial charge in [0.1, 0.15) is 5.76 Å². The van der Waals surface area contributed by atoms with Crippen molar-refractivity contribution in [1.29, 1.82) is 0 Å². The van der Waals surface area contributed by atoms with Crippen LogP contribution in [0.3, 0.4) is 0 Å². The van der Waals surface area contributed by atoms with E-state index in [1.165, 1.54) is 25.7 Å². The number of hydrogen-bond donors (Lipinski definition) is 1. The zero-order valence-electron chi connectivity index (χ0n) is 10.8. The van der Waals surface area contributed by atoms with E-state index in [0.29, 0.717) is 12.1 Å². The Morgan fingerprint density at radius 3 is 2.71 bits per heavy atom. The Hall–Kier alpha value is -0.410. The topological polar surface area (TPSA) is 25.2 Å². The zero-order valence-corrected chi connectivity index (χ0v) is 11.6. The number of thioether (sulfide) groups is 1. The molecule has 1 atom stereocenters. The van der Waals surface area contributed by atoms with E-state index in [1.54, 1.807) is 6.26 Å². The molecule has 1 aromatic heterocycles. The zero-order chi connectivity index (χ0) is 12.1. The van der Waals surface area contributed by atoms with Crippen LogP contribution in [0.5, 0.6) is 0 Å². The molecule has 1 aromatic rings. The van der Waals surface area contributed by atoms with E-state index >= 15 is 0 Å². The molecule has 1 fully saturated rings. The second-order valence-corrected chi connectivity index (χ2v) is 5.99. The Labute approximate surface area is 109 Å². The molecule has 1 heterocycles. The highest BCUT2D eigenvalue weighted by molar-refractivity contribution is 7.99. The van der Waals surface area contributed by atoms with Crippen molar-refractivity contribution in [3.63, 3.8) is 0 Å². The van der Waals surface area contributed by atoms with E-state index in [1.807, 2.05) is 17.8 Å². The van der Waals surface area contributed by atoms with Crippen molar-refractivity contribution in [2.45, 2.75) is 56.4 Å². The number of furan rings is 1. The van der Waals surface area contributed by atoms with Gasteiger partial charge in [-0.2, -0.15) is 11.8 Å². The normalized spacial score (nSPS) is 26.9. The van der Waals surface area contributed by atoms with Crippen LogP contribution in [0.4, 0.5) is 0 Å². The Bertz CT molecular complexity index is 304. The lowest BCUT2D eigenvalue weighted by Crippen LogP contribution is -2.36. The molecule has 2 rings (SSSR count). The lowest BCUT2D eigenvalue weighted by molar-refractivity contribution is 0.311. The van der Waals surface area contributed by atoms with E-state index in [2.05, 4.69) is 24.6 Å². The molecule has 1 saturated carbocycles. The molecule has 1 N–H and O–H groups in total. The van der Waals surface area contributed by atoms with Gasteiger partial charge in [0.25, 0.3) is 0 Å². The van der Waals surface area contributed by atoms with Gasteiger partial charge in [-0.05, 0) is 50.5 Å². The minimum atomic E-state index is 0.390. The summed E-state index contributed by atoms with van der Waals surface area (Å²) in [7, 11) is 0. The molecule has 1 unspecified atom stereocenters. The standard InChI is InChI=1S/C14H23NOS/c1-3-13(14-5-4-10-16-14)15-11-6-8-12(17-2)9-7-11/h4-5,10-13,15H,3,6-9H2,1-2H3. The van der Waals surface area contributed by atoms with Gasteiger partial charge in [0.2, 0.25) is 0 Å². The second-order valence-electron chi connectivity index (χ2n) is 4.85. The summed E-state index contributed by atoms with van der Waals surface area (Å²) in [6.45, 7) is 2.22. The maximum absolute atomic E-state index is 5.50. The van der Waals surface area contributed by atoms with Crippen LogP contribution in [0, 0.1) is 0 Å². The first kappa shape index (κ1) is 13.0. The van der Waals surface area contributed by atoms with E-state index in [-0.39, 0.29) is 0 Å². The van der Waals surface area contributed by atoms with E-state index < -0.39 is 0 Å². The van der Waals surface area contributed by atoms with Crippen molar-refractivity contribution in [2.24, 2.45) is 0 Å². The first-order valence-electron chi connectivity index (χ1n) is 6.65. The summed E-state index contributed by atoms with van der Waals surface area (Å²) in [6.07, 6.45) is 10.4. The summed E-state index contributed by atoms with van der Waals surface area (Å²) in [6, 6.07) is 5.12. The van der Waals surface area contributed by atoms with Gasteiger partial charge in [0, 0.05) is 11.3 Å².